The van der Waals surface area contributed by atoms with Crippen LogP contribution in [0.1, 0.15) is 16.7 Å². The number of carbonyl (C=O) groups is 2. The largest absolute Gasteiger partial charge is 0.454 e. The van der Waals surface area contributed by atoms with E-state index in [1.807, 2.05) is 38.1 Å². The summed E-state index contributed by atoms with van der Waals surface area (Å²) in [4.78, 5) is 43.1. The molecule has 4 rings (SSSR count). The number of fused-ring (bicyclic) bond motifs is 3. The van der Waals surface area contributed by atoms with Crippen LogP contribution >= 0.6 is 0 Å². The van der Waals surface area contributed by atoms with Gasteiger partial charge in [0.1, 0.15) is 17.6 Å². The third-order valence-corrected chi connectivity index (χ3v) is 5.34. The topological polar surface area (TPSA) is 94.6 Å². The zero-order valence-electron chi connectivity index (χ0n) is 18.1. The Balaban J connectivity index is 1.38. The number of carbonyl (C=O) groups excluding carboxylic acids is 2. The second kappa shape index (κ2) is 8.66. The Morgan fingerprint density at radius 1 is 1.16 bits per heavy atom. The van der Waals surface area contributed by atoms with E-state index in [1.54, 1.807) is 19.2 Å². The lowest BCUT2D eigenvalue weighted by Crippen LogP contribution is -2.32. The van der Waals surface area contributed by atoms with E-state index < -0.39 is 18.1 Å². The number of benzene rings is 2. The van der Waals surface area contributed by atoms with Crippen molar-refractivity contribution in [3.8, 4) is 0 Å². The number of hydrogen-bond donors (Lipinski definition) is 0. The van der Waals surface area contributed by atoms with Gasteiger partial charge in [0.25, 0.3) is 11.5 Å². The van der Waals surface area contributed by atoms with Crippen molar-refractivity contribution in [3.05, 3.63) is 75.8 Å². The van der Waals surface area contributed by atoms with Crippen LogP contribution in [-0.2, 0) is 27.4 Å². The van der Waals surface area contributed by atoms with Crippen molar-refractivity contribution in [2.24, 2.45) is 0 Å². The van der Waals surface area contributed by atoms with Crippen LogP contribution in [0.2, 0.25) is 0 Å². The normalized spacial score (nSPS) is 11.1. The summed E-state index contributed by atoms with van der Waals surface area (Å²) in [6, 6.07) is 13.2. The van der Waals surface area contributed by atoms with Gasteiger partial charge in [-0.3, -0.25) is 19.0 Å². The molecule has 32 heavy (non-hydrogen) atoms. The smallest absolute Gasteiger partial charge is 0.326 e. The number of amides is 1. The second-order valence-corrected chi connectivity index (χ2v) is 7.79. The highest BCUT2D eigenvalue weighted by Crippen LogP contribution is 2.24. The molecule has 0 N–H and O–H groups in total. The molecule has 0 aliphatic rings. The number of aromatic nitrogens is 2. The molecule has 2 aromatic carbocycles. The molecule has 8 heteroatoms. The van der Waals surface area contributed by atoms with E-state index in [9.17, 15) is 14.4 Å². The molecule has 0 unspecified atom stereocenters. The van der Waals surface area contributed by atoms with Gasteiger partial charge in [0.15, 0.2) is 6.61 Å². The number of furan rings is 1. The maximum absolute atomic E-state index is 12.7. The van der Waals surface area contributed by atoms with Crippen molar-refractivity contribution in [3.63, 3.8) is 0 Å². The maximum Gasteiger partial charge on any atom is 0.326 e. The molecule has 0 atom stereocenters. The average Bonchev–Trinajstić information content (AvgIpc) is 3.15. The summed E-state index contributed by atoms with van der Waals surface area (Å²) in [5.41, 5.74) is 3.85. The standard InChI is InChI=1S/C24H23N3O5/c1-15-8-9-17(16(2)10-15)11-26(3)20(28)13-31-21(29)12-27-14-25-22-18-6-4-5-7-19(18)32-23(22)24(27)30/h4-10,14H,11-13H2,1-3H3. The minimum absolute atomic E-state index is 0.0748. The van der Waals surface area contributed by atoms with E-state index >= 15 is 0 Å². The first-order valence-corrected chi connectivity index (χ1v) is 10.2. The molecule has 2 aromatic heterocycles. The monoisotopic (exact) mass is 433 g/mol. The third kappa shape index (κ3) is 4.25. The van der Waals surface area contributed by atoms with Crippen LogP contribution in [0, 0.1) is 13.8 Å². The third-order valence-electron chi connectivity index (χ3n) is 5.34. The van der Waals surface area contributed by atoms with Crippen molar-refractivity contribution in [2.45, 2.75) is 26.9 Å². The van der Waals surface area contributed by atoms with Crippen LogP contribution < -0.4 is 5.56 Å². The Bertz CT molecular complexity index is 1390. The van der Waals surface area contributed by atoms with Gasteiger partial charge in [0.05, 0.1) is 6.33 Å². The minimum atomic E-state index is -0.711. The lowest BCUT2D eigenvalue weighted by molar-refractivity contribution is -0.152. The van der Waals surface area contributed by atoms with Gasteiger partial charge in [0.2, 0.25) is 5.58 Å². The molecule has 0 bridgehead atoms. The summed E-state index contributed by atoms with van der Waals surface area (Å²) in [5, 5.41) is 0.728. The number of para-hydroxylation sites is 1. The molecular weight excluding hydrogens is 410 g/mol. The van der Waals surface area contributed by atoms with Crippen LogP contribution in [0.15, 0.2) is 58.0 Å². The zero-order valence-corrected chi connectivity index (χ0v) is 18.1. The number of nitrogens with zero attached hydrogens (tertiary/aromatic N) is 3. The van der Waals surface area contributed by atoms with Gasteiger partial charge in [-0.1, -0.05) is 35.9 Å². The fourth-order valence-corrected chi connectivity index (χ4v) is 3.53. The summed E-state index contributed by atoms with van der Waals surface area (Å²) < 4.78 is 11.8. The molecule has 0 radical (unpaired) electrons. The highest BCUT2D eigenvalue weighted by Gasteiger charge is 2.17. The van der Waals surface area contributed by atoms with Gasteiger partial charge in [0, 0.05) is 19.0 Å². The molecule has 0 aliphatic carbocycles. The summed E-state index contributed by atoms with van der Waals surface area (Å²) in [5.74, 6) is -1.05. The summed E-state index contributed by atoms with van der Waals surface area (Å²) >= 11 is 0. The Hall–Kier alpha value is -3.94. The maximum atomic E-state index is 12.7. The van der Waals surface area contributed by atoms with Crippen LogP contribution in [0.25, 0.3) is 22.1 Å². The van der Waals surface area contributed by atoms with Crippen LogP contribution in [-0.4, -0.2) is 40.0 Å². The van der Waals surface area contributed by atoms with E-state index in [-0.39, 0.29) is 18.0 Å². The lowest BCUT2D eigenvalue weighted by atomic mass is 10.1. The summed E-state index contributed by atoms with van der Waals surface area (Å²) in [6.45, 7) is 3.64. The first-order valence-electron chi connectivity index (χ1n) is 10.2. The van der Waals surface area contributed by atoms with Gasteiger partial charge in [-0.2, -0.15) is 0 Å². The number of aryl methyl sites for hydroxylation is 2. The quantitative estimate of drug-likeness (QED) is 0.434. The van der Waals surface area contributed by atoms with Crippen LogP contribution in [0.5, 0.6) is 0 Å². The highest BCUT2D eigenvalue weighted by molar-refractivity contribution is 6.01. The highest BCUT2D eigenvalue weighted by atomic mass is 16.5. The molecule has 8 nitrogen and oxygen atoms in total. The predicted octanol–water partition coefficient (Wildman–Crippen LogP) is 2.96. The molecular formula is C24H23N3O5. The minimum Gasteiger partial charge on any atom is -0.454 e. The fraction of sp³-hybridized carbons (Fsp3) is 0.250. The molecule has 0 aliphatic heterocycles. The Labute approximate surface area is 184 Å². The van der Waals surface area contributed by atoms with Crippen molar-refractivity contribution < 1.29 is 18.7 Å². The van der Waals surface area contributed by atoms with E-state index in [4.69, 9.17) is 9.15 Å². The SMILES string of the molecule is Cc1ccc(CN(C)C(=O)COC(=O)Cn2cnc3c(oc4ccccc43)c2=O)c(C)c1. The molecule has 0 saturated carbocycles. The molecule has 4 aromatic rings. The van der Waals surface area contributed by atoms with Crippen molar-refractivity contribution >= 4 is 33.9 Å². The molecule has 164 valence electrons. The number of esters is 1. The summed E-state index contributed by atoms with van der Waals surface area (Å²) in [7, 11) is 1.65. The number of hydrogen-bond acceptors (Lipinski definition) is 6. The van der Waals surface area contributed by atoms with Crippen LogP contribution in [0.4, 0.5) is 0 Å². The van der Waals surface area contributed by atoms with E-state index in [2.05, 4.69) is 11.1 Å². The first kappa shape index (κ1) is 21.3. The van der Waals surface area contributed by atoms with Gasteiger partial charge >= 0.3 is 5.97 Å². The Kier molecular flexibility index (Phi) is 5.77. The predicted molar refractivity (Wildman–Crippen MR) is 119 cm³/mol. The Morgan fingerprint density at radius 2 is 1.94 bits per heavy atom. The molecule has 0 saturated heterocycles. The lowest BCUT2D eigenvalue weighted by Gasteiger charge is -2.18. The zero-order chi connectivity index (χ0) is 22.8. The molecule has 2 heterocycles. The van der Waals surface area contributed by atoms with Gasteiger partial charge < -0.3 is 14.1 Å². The van der Waals surface area contributed by atoms with E-state index in [0.717, 1.165) is 26.6 Å². The Morgan fingerprint density at radius 3 is 2.72 bits per heavy atom. The first-order chi connectivity index (χ1) is 15.3. The van der Waals surface area contributed by atoms with E-state index in [0.29, 0.717) is 17.6 Å². The summed E-state index contributed by atoms with van der Waals surface area (Å²) in [6.07, 6.45) is 1.28. The molecule has 0 fully saturated rings. The van der Waals surface area contributed by atoms with Gasteiger partial charge in [-0.05, 0) is 37.1 Å². The van der Waals surface area contributed by atoms with Gasteiger partial charge in [-0.15, -0.1) is 0 Å². The fourth-order valence-electron chi connectivity index (χ4n) is 3.53. The molecule has 0 spiro atoms. The average molecular weight is 433 g/mol. The van der Waals surface area contributed by atoms with Gasteiger partial charge in [-0.25, -0.2) is 4.98 Å². The van der Waals surface area contributed by atoms with Crippen LogP contribution in [0.3, 0.4) is 0 Å². The number of likely N-dealkylation sites (N-methyl/N-ethyl adjacent to an activating group) is 1. The van der Waals surface area contributed by atoms with Crippen molar-refractivity contribution in [1.29, 1.82) is 0 Å². The van der Waals surface area contributed by atoms with Crippen molar-refractivity contribution in [2.75, 3.05) is 13.7 Å². The van der Waals surface area contributed by atoms with E-state index in [1.165, 1.54) is 11.2 Å². The molecule has 1 amide bonds. The number of ether oxygens (including phenoxy) is 1. The number of rotatable bonds is 6. The second-order valence-electron chi connectivity index (χ2n) is 7.79. The van der Waals surface area contributed by atoms with Crippen molar-refractivity contribution in [1.82, 2.24) is 14.5 Å².